The minimum atomic E-state index is 0.00491. The van der Waals surface area contributed by atoms with Gasteiger partial charge < -0.3 is 0 Å². The van der Waals surface area contributed by atoms with Crippen molar-refractivity contribution in [2.75, 3.05) is 0 Å². The Morgan fingerprint density at radius 1 is 0.294 bits per heavy atom. The predicted octanol–water partition coefficient (Wildman–Crippen LogP) is 15.2. The van der Waals surface area contributed by atoms with E-state index < -0.39 is 0 Å². The van der Waals surface area contributed by atoms with Crippen molar-refractivity contribution in [2.24, 2.45) is 0 Å². The molecule has 0 saturated carbocycles. The molecule has 10 rings (SSSR count). The molecule has 1 heterocycles. The zero-order chi connectivity index (χ0) is 46.1. The Labute approximate surface area is 397 Å². The number of nitrogens with zero attached hydrogens (tertiary/aromatic N) is 4. The molecule has 0 fully saturated rings. The maximum Gasteiger partial charge on any atom is 0.177 e. The van der Waals surface area contributed by atoms with Crippen LogP contribution in [0.1, 0.15) is 55.9 Å². The molecule has 4 nitrogen and oxygen atoms in total. The SMILES string of the molecule is N#Cc1ncc(-c2ccc(-c3cc(C(=C(c4ccccc4)c4ccccc4)c4ccccc4)ccc3-c3ccc(C(=C(c4ccccc4)c4ccccc4)c4ccccc4)cc3)cc2)nc1C#N. The molecule has 0 aliphatic heterocycles. The van der Waals surface area contributed by atoms with Crippen LogP contribution in [-0.4, -0.2) is 9.97 Å². The number of nitriles is 2. The van der Waals surface area contributed by atoms with Gasteiger partial charge in [-0.2, -0.15) is 10.5 Å². The van der Waals surface area contributed by atoms with Gasteiger partial charge in [0.05, 0.1) is 11.9 Å². The highest BCUT2D eigenvalue weighted by atomic mass is 14.8. The van der Waals surface area contributed by atoms with E-state index in [0.717, 1.165) is 94.6 Å². The van der Waals surface area contributed by atoms with Crippen molar-refractivity contribution in [1.82, 2.24) is 9.97 Å². The van der Waals surface area contributed by atoms with E-state index in [2.05, 4.69) is 247 Å². The van der Waals surface area contributed by atoms with E-state index in [1.165, 1.54) is 0 Å². The lowest BCUT2D eigenvalue weighted by atomic mass is 9.83. The summed E-state index contributed by atoms with van der Waals surface area (Å²) in [5, 5.41) is 19.2. The van der Waals surface area contributed by atoms with Gasteiger partial charge in [0, 0.05) is 5.56 Å². The second kappa shape index (κ2) is 19.7. The molecule has 4 heteroatoms. The molecule has 10 aromatic rings. The van der Waals surface area contributed by atoms with Crippen LogP contribution in [0.5, 0.6) is 0 Å². The average molecular weight is 867 g/mol. The van der Waals surface area contributed by atoms with Crippen LogP contribution in [-0.2, 0) is 0 Å². The zero-order valence-corrected chi connectivity index (χ0v) is 37.0. The van der Waals surface area contributed by atoms with E-state index in [0.29, 0.717) is 5.69 Å². The molecule has 0 N–H and O–H groups in total. The molecular formula is C64H42N4. The molecule has 0 saturated heterocycles. The van der Waals surface area contributed by atoms with Crippen molar-refractivity contribution in [1.29, 1.82) is 10.5 Å². The minimum Gasteiger partial charge on any atom is -0.240 e. The third-order valence-corrected chi connectivity index (χ3v) is 12.1. The van der Waals surface area contributed by atoms with Gasteiger partial charge in [-0.05, 0) is 95.1 Å². The van der Waals surface area contributed by atoms with Crippen LogP contribution in [0, 0.1) is 22.7 Å². The van der Waals surface area contributed by atoms with E-state index in [4.69, 9.17) is 0 Å². The normalized spacial score (nSPS) is 10.6. The lowest BCUT2D eigenvalue weighted by molar-refractivity contribution is 1.13. The topological polar surface area (TPSA) is 73.4 Å². The molecule has 318 valence electrons. The molecule has 0 aliphatic carbocycles. The van der Waals surface area contributed by atoms with Gasteiger partial charge in [-0.1, -0.05) is 243 Å². The summed E-state index contributed by atoms with van der Waals surface area (Å²) in [6, 6.07) is 91.8. The second-order valence-corrected chi connectivity index (χ2v) is 16.3. The summed E-state index contributed by atoms with van der Waals surface area (Å²) in [4.78, 5) is 8.72. The average Bonchev–Trinajstić information content (AvgIpc) is 3.43. The molecule has 1 aromatic heterocycles. The lowest BCUT2D eigenvalue weighted by Crippen LogP contribution is -1.99. The van der Waals surface area contributed by atoms with Crippen LogP contribution >= 0.6 is 0 Å². The number of hydrogen-bond donors (Lipinski definition) is 0. The quantitative estimate of drug-likeness (QED) is 0.121. The van der Waals surface area contributed by atoms with E-state index in [-0.39, 0.29) is 11.4 Å². The molecule has 0 aliphatic rings. The van der Waals surface area contributed by atoms with Gasteiger partial charge in [-0.25, -0.2) is 9.97 Å². The Bertz CT molecular complexity index is 3420. The molecule has 0 amide bonds. The van der Waals surface area contributed by atoms with Gasteiger partial charge in [0.1, 0.15) is 12.1 Å². The Hall–Kier alpha value is -9.48. The summed E-state index contributed by atoms with van der Waals surface area (Å²) in [5.74, 6) is 0. The molecule has 0 spiro atoms. The van der Waals surface area contributed by atoms with Gasteiger partial charge in [-0.15, -0.1) is 0 Å². The summed E-state index contributed by atoms with van der Waals surface area (Å²) in [6.07, 6.45) is 1.55. The van der Waals surface area contributed by atoms with Crippen molar-refractivity contribution >= 4 is 22.3 Å². The Kier molecular flexibility index (Phi) is 12.3. The second-order valence-electron chi connectivity index (χ2n) is 16.3. The number of rotatable bonds is 11. The smallest absolute Gasteiger partial charge is 0.177 e. The molecule has 0 bridgehead atoms. The predicted molar refractivity (Wildman–Crippen MR) is 276 cm³/mol. The lowest BCUT2D eigenvalue weighted by Gasteiger charge is -2.21. The fourth-order valence-electron chi connectivity index (χ4n) is 8.97. The van der Waals surface area contributed by atoms with Crippen LogP contribution in [0.3, 0.4) is 0 Å². The summed E-state index contributed by atoms with van der Waals surface area (Å²) in [7, 11) is 0. The van der Waals surface area contributed by atoms with E-state index in [1.807, 2.05) is 24.3 Å². The maximum atomic E-state index is 9.72. The van der Waals surface area contributed by atoms with Gasteiger partial charge in [-0.3, -0.25) is 0 Å². The van der Waals surface area contributed by atoms with Crippen LogP contribution in [0.25, 0.3) is 55.8 Å². The third kappa shape index (κ3) is 8.82. The van der Waals surface area contributed by atoms with E-state index in [1.54, 1.807) is 6.20 Å². The highest BCUT2D eigenvalue weighted by Gasteiger charge is 2.21. The first-order valence-corrected chi connectivity index (χ1v) is 22.5. The highest BCUT2D eigenvalue weighted by molar-refractivity contribution is 6.06. The Morgan fingerprint density at radius 3 is 0.985 bits per heavy atom. The summed E-state index contributed by atoms with van der Waals surface area (Å²) in [5.41, 5.74) is 19.0. The van der Waals surface area contributed by atoms with E-state index >= 15 is 0 Å². The maximum absolute atomic E-state index is 9.72. The Morgan fingerprint density at radius 2 is 0.603 bits per heavy atom. The standard InChI is InChI=1S/C64H42N4/c65-42-58-59(43-66)68-60(44-67-58)47-35-31-46(32-36-47)57-41-55(64(53-29-17-6-18-30-53)62(50-23-11-3-12-24-50)51-25-13-4-14-26-51)39-40-56(57)45-33-37-54(38-34-45)63(52-27-15-5-16-28-52)61(48-19-7-1-8-20-48)49-21-9-2-10-22-49/h1-41,44H. The van der Waals surface area contributed by atoms with Gasteiger partial charge in [0.25, 0.3) is 0 Å². The fourth-order valence-corrected chi connectivity index (χ4v) is 8.97. The number of aromatic nitrogens is 2. The van der Waals surface area contributed by atoms with Crippen molar-refractivity contribution in [3.05, 3.63) is 311 Å². The first-order chi connectivity index (χ1) is 33.7. The van der Waals surface area contributed by atoms with Crippen LogP contribution in [0.4, 0.5) is 0 Å². The van der Waals surface area contributed by atoms with Crippen LogP contribution < -0.4 is 0 Å². The molecular weight excluding hydrogens is 825 g/mol. The highest BCUT2D eigenvalue weighted by Crippen LogP contribution is 2.43. The van der Waals surface area contributed by atoms with Crippen LogP contribution in [0.15, 0.2) is 255 Å². The number of hydrogen-bond acceptors (Lipinski definition) is 4. The van der Waals surface area contributed by atoms with Gasteiger partial charge in [0.2, 0.25) is 0 Å². The van der Waals surface area contributed by atoms with Crippen molar-refractivity contribution < 1.29 is 0 Å². The van der Waals surface area contributed by atoms with Gasteiger partial charge in [0.15, 0.2) is 11.4 Å². The zero-order valence-electron chi connectivity index (χ0n) is 37.0. The fraction of sp³-hybridized carbons (Fsp3) is 0. The number of benzene rings is 9. The summed E-state index contributed by atoms with van der Waals surface area (Å²) in [6.45, 7) is 0. The van der Waals surface area contributed by atoms with Crippen molar-refractivity contribution in [2.45, 2.75) is 0 Å². The molecule has 0 radical (unpaired) electrons. The van der Waals surface area contributed by atoms with Crippen molar-refractivity contribution in [3.8, 4) is 45.6 Å². The molecule has 9 aromatic carbocycles. The molecule has 0 atom stereocenters. The van der Waals surface area contributed by atoms with E-state index in [9.17, 15) is 10.5 Å². The summed E-state index contributed by atoms with van der Waals surface area (Å²) >= 11 is 0. The minimum absolute atomic E-state index is 0.00491. The third-order valence-electron chi connectivity index (χ3n) is 12.1. The van der Waals surface area contributed by atoms with Crippen LogP contribution in [0.2, 0.25) is 0 Å². The Balaban J connectivity index is 1.18. The first-order valence-electron chi connectivity index (χ1n) is 22.5. The summed E-state index contributed by atoms with van der Waals surface area (Å²) < 4.78 is 0. The monoisotopic (exact) mass is 866 g/mol. The first kappa shape index (κ1) is 42.5. The largest absolute Gasteiger partial charge is 0.240 e. The van der Waals surface area contributed by atoms with Crippen molar-refractivity contribution in [3.63, 3.8) is 0 Å². The van der Waals surface area contributed by atoms with Gasteiger partial charge >= 0.3 is 0 Å². The molecule has 68 heavy (non-hydrogen) atoms. The molecule has 0 unspecified atom stereocenters.